The van der Waals surface area contributed by atoms with E-state index < -0.39 is 12.1 Å². The summed E-state index contributed by atoms with van der Waals surface area (Å²) in [4.78, 5) is 18.4. The van der Waals surface area contributed by atoms with Gasteiger partial charge < -0.3 is 9.42 Å². The zero-order valence-electron chi connectivity index (χ0n) is 17.0. The number of hydrogen-bond donors (Lipinski definition) is 0. The molecule has 1 spiro atoms. The van der Waals surface area contributed by atoms with Crippen LogP contribution in [0.3, 0.4) is 0 Å². The van der Waals surface area contributed by atoms with E-state index in [1.807, 2.05) is 0 Å². The number of carbonyl (C=O) groups is 1. The number of ketones is 1. The molecule has 162 valence electrons. The summed E-state index contributed by atoms with van der Waals surface area (Å²) < 4.78 is 42.0. The van der Waals surface area contributed by atoms with Crippen molar-refractivity contribution in [2.24, 2.45) is 11.3 Å². The first-order valence-corrected chi connectivity index (χ1v) is 10.5. The molecule has 2 aliphatic rings. The highest BCUT2D eigenvalue weighted by atomic mass is 19.4. The number of aromatic nitrogens is 2. The maximum atomic E-state index is 12.6. The van der Waals surface area contributed by atoms with E-state index in [4.69, 9.17) is 0 Å². The number of halogens is 3. The Morgan fingerprint density at radius 2 is 1.83 bits per heavy atom. The van der Waals surface area contributed by atoms with Crippen molar-refractivity contribution in [3.63, 3.8) is 0 Å². The van der Waals surface area contributed by atoms with Gasteiger partial charge in [0.1, 0.15) is 0 Å². The van der Waals surface area contributed by atoms with Gasteiger partial charge >= 0.3 is 12.1 Å². The third-order valence-electron chi connectivity index (χ3n) is 6.44. The molecule has 2 aromatic rings. The molecule has 0 bridgehead atoms. The Morgan fingerprint density at radius 1 is 1.17 bits per heavy atom. The lowest BCUT2D eigenvalue weighted by Crippen LogP contribution is -2.37. The van der Waals surface area contributed by atoms with E-state index in [2.05, 4.69) is 26.5 Å². The molecule has 0 N–H and O–H groups in total. The molecular weight excluding hydrogens is 395 g/mol. The van der Waals surface area contributed by atoms with Gasteiger partial charge in [0.05, 0.1) is 0 Å². The average Bonchev–Trinajstić information content (AvgIpc) is 3.27. The molecule has 1 aromatic carbocycles. The Balaban J connectivity index is 1.26. The molecule has 2 heterocycles. The van der Waals surface area contributed by atoms with Crippen LogP contribution in [0.25, 0.3) is 11.4 Å². The average molecular weight is 421 g/mol. The highest BCUT2D eigenvalue weighted by Crippen LogP contribution is 2.53. The smallest absolute Gasteiger partial charge is 0.329 e. The number of alkyl halides is 3. The van der Waals surface area contributed by atoms with Crippen LogP contribution in [0, 0.1) is 11.3 Å². The molecule has 1 saturated carbocycles. The van der Waals surface area contributed by atoms with Crippen LogP contribution in [0.5, 0.6) is 0 Å². The predicted octanol–water partition coefficient (Wildman–Crippen LogP) is 5.23. The standard InChI is InChI=1S/C22H26F3N3O2/c1-15(14-28-12-10-21(8-9-21)11-13-28)2-7-18(29)16-3-5-17(6-4-16)19-26-20(30-27-19)22(23,24)25/h3-6,15H,2,7-14H2,1H3/t15-/m0/s1. The van der Waals surface area contributed by atoms with Crippen molar-refractivity contribution < 1.29 is 22.5 Å². The van der Waals surface area contributed by atoms with Gasteiger partial charge in [-0.15, -0.1) is 0 Å². The monoisotopic (exact) mass is 421 g/mol. The quantitative estimate of drug-likeness (QED) is 0.573. The van der Waals surface area contributed by atoms with Gasteiger partial charge in [0.15, 0.2) is 5.78 Å². The Morgan fingerprint density at radius 3 is 2.40 bits per heavy atom. The zero-order valence-corrected chi connectivity index (χ0v) is 17.0. The zero-order chi connectivity index (χ0) is 21.4. The number of Topliss-reactive ketones (excluding diaryl/α,β-unsaturated/α-hetero) is 1. The third-order valence-corrected chi connectivity index (χ3v) is 6.44. The fourth-order valence-corrected chi connectivity index (χ4v) is 4.20. The molecule has 2 fully saturated rings. The van der Waals surface area contributed by atoms with Crippen molar-refractivity contribution in [2.75, 3.05) is 19.6 Å². The highest BCUT2D eigenvalue weighted by molar-refractivity contribution is 5.96. The molecule has 30 heavy (non-hydrogen) atoms. The van der Waals surface area contributed by atoms with Gasteiger partial charge in [-0.2, -0.15) is 18.2 Å². The summed E-state index contributed by atoms with van der Waals surface area (Å²) in [5.41, 5.74) is 1.59. The van der Waals surface area contributed by atoms with E-state index in [9.17, 15) is 18.0 Å². The van der Waals surface area contributed by atoms with Crippen LogP contribution in [0.1, 0.15) is 61.7 Å². The van der Waals surface area contributed by atoms with Gasteiger partial charge in [-0.05, 0) is 56.5 Å². The molecular formula is C22H26F3N3O2. The molecule has 8 heteroatoms. The number of likely N-dealkylation sites (tertiary alicyclic amines) is 1. The number of nitrogens with zero attached hydrogens (tertiary/aromatic N) is 3. The molecule has 0 unspecified atom stereocenters. The van der Waals surface area contributed by atoms with Crippen LogP contribution >= 0.6 is 0 Å². The van der Waals surface area contributed by atoms with Gasteiger partial charge in [0.2, 0.25) is 5.82 Å². The summed E-state index contributed by atoms with van der Waals surface area (Å²) in [5, 5.41) is 3.36. The Labute approximate surface area is 173 Å². The Kier molecular flexibility index (Phi) is 5.70. The molecule has 0 radical (unpaired) electrons. The fraction of sp³-hybridized carbons (Fsp3) is 0.591. The lowest BCUT2D eigenvalue weighted by molar-refractivity contribution is -0.159. The Bertz CT molecular complexity index is 878. The van der Waals surface area contributed by atoms with Crippen molar-refractivity contribution in [3.8, 4) is 11.4 Å². The first-order chi connectivity index (χ1) is 14.2. The first kappa shape index (κ1) is 21.0. The molecule has 4 rings (SSSR count). The van der Waals surface area contributed by atoms with Crippen molar-refractivity contribution in [2.45, 2.75) is 51.6 Å². The van der Waals surface area contributed by atoms with Gasteiger partial charge in [0, 0.05) is 24.1 Å². The van der Waals surface area contributed by atoms with E-state index in [1.54, 1.807) is 24.3 Å². The van der Waals surface area contributed by atoms with Gasteiger partial charge in [-0.1, -0.05) is 36.3 Å². The van der Waals surface area contributed by atoms with E-state index in [0.29, 0.717) is 28.9 Å². The van der Waals surface area contributed by atoms with Crippen molar-refractivity contribution in [1.29, 1.82) is 0 Å². The van der Waals surface area contributed by atoms with Crippen LogP contribution in [0.4, 0.5) is 13.2 Å². The summed E-state index contributed by atoms with van der Waals surface area (Å²) in [6.45, 7) is 5.56. The SMILES string of the molecule is C[C@@H](CCC(=O)c1ccc(-c2noc(C(F)(F)F)n2)cc1)CN1CCC2(CC1)CC2. The molecule has 1 atom stereocenters. The maximum absolute atomic E-state index is 12.6. The summed E-state index contributed by atoms with van der Waals surface area (Å²) >= 11 is 0. The summed E-state index contributed by atoms with van der Waals surface area (Å²) in [6.07, 6.45) is 2.04. The van der Waals surface area contributed by atoms with Gasteiger partial charge in [-0.3, -0.25) is 4.79 Å². The van der Waals surface area contributed by atoms with Gasteiger partial charge in [-0.25, -0.2) is 0 Å². The number of benzene rings is 1. The van der Waals surface area contributed by atoms with Crippen LogP contribution in [0.15, 0.2) is 28.8 Å². The number of rotatable bonds is 7. The second-order valence-electron chi connectivity index (χ2n) is 8.87. The van der Waals surface area contributed by atoms with E-state index in [1.165, 1.54) is 38.8 Å². The largest absolute Gasteiger partial charge is 0.471 e. The van der Waals surface area contributed by atoms with Crippen molar-refractivity contribution in [3.05, 3.63) is 35.7 Å². The molecule has 1 aromatic heterocycles. The second-order valence-corrected chi connectivity index (χ2v) is 8.87. The highest BCUT2D eigenvalue weighted by Gasteiger charge is 2.44. The number of carbonyl (C=O) groups excluding carboxylic acids is 1. The van der Waals surface area contributed by atoms with Gasteiger partial charge in [0.25, 0.3) is 0 Å². The topological polar surface area (TPSA) is 59.2 Å². The van der Waals surface area contributed by atoms with E-state index in [0.717, 1.165) is 13.0 Å². The van der Waals surface area contributed by atoms with E-state index in [-0.39, 0.29) is 11.6 Å². The summed E-state index contributed by atoms with van der Waals surface area (Å²) in [5.74, 6) is -1.05. The number of piperidine rings is 1. The summed E-state index contributed by atoms with van der Waals surface area (Å²) in [6, 6.07) is 6.30. The first-order valence-electron chi connectivity index (χ1n) is 10.5. The minimum Gasteiger partial charge on any atom is -0.329 e. The predicted molar refractivity (Wildman–Crippen MR) is 105 cm³/mol. The minimum absolute atomic E-state index is 0.0353. The second kappa shape index (κ2) is 8.13. The van der Waals surface area contributed by atoms with Crippen LogP contribution in [0.2, 0.25) is 0 Å². The molecule has 5 nitrogen and oxygen atoms in total. The van der Waals surface area contributed by atoms with Crippen LogP contribution < -0.4 is 0 Å². The van der Waals surface area contributed by atoms with Crippen LogP contribution in [-0.4, -0.2) is 40.5 Å². The lowest BCUT2D eigenvalue weighted by atomic mass is 9.92. The molecule has 1 aliphatic heterocycles. The maximum Gasteiger partial charge on any atom is 0.471 e. The summed E-state index contributed by atoms with van der Waals surface area (Å²) in [7, 11) is 0. The normalized spacial score (nSPS) is 19.7. The lowest BCUT2D eigenvalue weighted by Gasteiger charge is -2.33. The Hall–Kier alpha value is -2.22. The van der Waals surface area contributed by atoms with Crippen molar-refractivity contribution in [1.82, 2.24) is 15.0 Å². The number of hydrogen-bond acceptors (Lipinski definition) is 5. The van der Waals surface area contributed by atoms with Crippen molar-refractivity contribution >= 4 is 5.78 Å². The molecule has 1 aliphatic carbocycles. The molecule has 0 amide bonds. The third kappa shape index (κ3) is 4.91. The molecule has 1 saturated heterocycles. The minimum atomic E-state index is -4.68. The fourth-order valence-electron chi connectivity index (χ4n) is 4.20. The van der Waals surface area contributed by atoms with Crippen LogP contribution in [-0.2, 0) is 6.18 Å². The van der Waals surface area contributed by atoms with E-state index >= 15 is 0 Å².